The van der Waals surface area contributed by atoms with Gasteiger partial charge in [0.05, 0.1) is 12.2 Å². The summed E-state index contributed by atoms with van der Waals surface area (Å²) in [6, 6.07) is 9.76. The van der Waals surface area contributed by atoms with Crippen molar-refractivity contribution in [3.8, 4) is 11.1 Å². The number of carbonyl (C=O) groups is 1. The van der Waals surface area contributed by atoms with Crippen molar-refractivity contribution < 1.29 is 9.21 Å². The van der Waals surface area contributed by atoms with Crippen LogP contribution in [0.4, 0.5) is 0 Å². The van der Waals surface area contributed by atoms with Gasteiger partial charge in [-0.3, -0.25) is 9.69 Å². The summed E-state index contributed by atoms with van der Waals surface area (Å²) < 4.78 is 6.16. The third kappa shape index (κ3) is 3.32. The van der Waals surface area contributed by atoms with E-state index in [9.17, 15) is 4.79 Å². The number of thiophene rings is 1. The van der Waals surface area contributed by atoms with E-state index in [2.05, 4.69) is 38.6 Å². The van der Waals surface area contributed by atoms with Gasteiger partial charge in [-0.15, -0.1) is 11.3 Å². The average molecular weight is 543 g/mol. The van der Waals surface area contributed by atoms with Crippen LogP contribution in [0.5, 0.6) is 0 Å². The molecule has 1 aliphatic heterocycles. The van der Waals surface area contributed by atoms with Crippen molar-refractivity contribution in [1.29, 1.82) is 0 Å². The number of carbonyl (C=O) groups excluding carboxylic acids is 1. The van der Waals surface area contributed by atoms with Crippen molar-refractivity contribution in [2.75, 3.05) is 7.05 Å². The summed E-state index contributed by atoms with van der Waals surface area (Å²) in [6.07, 6.45) is 5.24. The zero-order valence-electron chi connectivity index (χ0n) is 16.7. The van der Waals surface area contributed by atoms with Crippen LogP contribution in [0.2, 0.25) is 0 Å². The number of nitrogens with zero attached hydrogens (tertiary/aromatic N) is 4. The third-order valence-corrected chi connectivity index (χ3v) is 7.41. The summed E-state index contributed by atoms with van der Waals surface area (Å²) in [7, 11) is 1.66. The zero-order valence-corrected chi connectivity index (χ0v) is 19.7. The van der Waals surface area contributed by atoms with E-state index in [0.717, 1.165) is 32.5 Å². The Bertz CT molecular complexity index is 1330. The number of likely N-dealkylation sites (N-methyl/N-ethyl adjacent to an activating group) is 1. The molecule has 2 atom stereocenters. The fraction of sp³-hybridized carbons (Fsp3) is 0.182. The Kier molecular flexibility index (Phi) is 4.82. The molecular weight excluding hydrogens is 525 g/mol. The van der Waals surface area contributed by atoms with Gasteiger partial charge in [-0.1, -0.05) is 6.07 Å². The highest BCUT2D eigenvalue weighted by Gasteiger charge is 2.48. The molecule has 0 spiro atoms. The lowest BCUT2D eigenvalue weighted by atomic mass is 9.77. The monoisotopic (exact) mass is 543 g/mol. The Morgan fingerprint density at radius 1 is 1.19 bits per heavy atom. The van der Waals surface area contributed by atoms with Crippen LogP contribution in [0.15, 0.2) is 63.8 Å². The van der Waals surface area contributed by atoms with E-state index in [1.165, 1.54) is 4.90 Å². The van der Waals surface area contributed by atoms with Crippen LogP contribution in [-0.4, -0.2) is 33.8 Å². The Morgan fingerprint density at radius 2 is 1.97 bits per heavy atom. The van der Waals surface area contributed by atoms with Crippen LogP contribution in [0.3, 0.4) is 0 Å². The molecule has 5 rings (SSSR count). The third-order valence-electron chi connectivity index (χ3n) is 5.69. The van der Waals surface area contributed by atoms with Crippen molar-refractivity contribution in [3.63, 3.8) is 0 Å². The molecular formula is C22H18IN5O2S. The van der Waals surface area contributed by atoms with E-state index in [0.29, 0.717) is 3.83 Å². The smallest absolute Gasteiger partial charge is 0.239 e. The highest BCUT2D eigenvalue weighted by molar-refractivity contribution is 14.1. The number of rotatable bonds is 3. The maximum absolute atomic E-state index is 13.4. The van der Waals surface area contributed by atoms with Crippen LogP contribution in [0.25, 0.3) is 22.1 Å². The van der Waals surface area contributed by atoms with E-state index in [1.807, 2.05) is 36.6 Å². The standard InChI is InChI=1S/C22H18IN5O2S/c1-22(17-8-14(11-31-17)15-9-25-20(23)26-10-15)18(19(29)28(2)21(24)27-22)13-3-4-16-12(7-13)5-6-30-16/h3-11,18H,1-2H3,(H2,24,27)/t18?,22-/m1/s1. The SMILES string of the molecule is CN1C(=O)C(c2ccc3occc3c2)[C@@](C)(c2cc(-c3cnc(I)nc3)cs2)N=C1N. The Balaban J connectivity index is 1.64. The first-order valence-electron chi connectivity index (χ1n) is 9.54. The van der Waals surface area contributed by atoms with Gasteiger partial charge in [0.2, 0.25) is 5.91 Å². The molecule has 0 radical (unpaired) electrons. The highest BCUT2D eigenvalue weighted by Crippen LogP contribution is 2.47. The maximum atomic E-state index is 13.4. The van der Waals surface area contributed by atoms with Crippen LogP contribution >= 0.6 is 33.9 Å². The van der Waals surface area contributed by atoms with Crippen LogP contribution in [0, 0.1) is 3.83 Å². The Hall–Kier alpha value is -2.79. The number of guanidine groups is 1. The number of nitrogens with two attached hydrogens (primary N) is 1. The van der Waals surface area contributed by atoms with E-state index in [-0.39, 0.29) is 11.9 Å². The van der Waals surface area contributed by atoms with Gasteiger partial charge in [0, 0.05) is 57.9 Å². The number of hydrogen-bond donors (Lipinski definition) is 1. The predicted molar refractivity (Wildman–Crippen MR) is 129 cm³/mol. The van der Waals surface area contributed by atoms with Gasteiger partial charge < -0.3 is 10.2 Å². The molecule has 156 valence electrons. The quantitative estimate of drug-likeness (QED) is 0.306. The fourth-order valence-electron chi connectivity index (χ4n) is 3.97. The number of halogens is 1. The largest absolute Gasteiger partial charge is 0.464 e. The molecule has 1 amide bonds. The van der Waals surface area contributed by atoms with Crippen molar-refractivity contribution in [1.82, 2.24) is 14.9 Å². The molecule has 0 saturated heterocycles. The minimum Gasteiger partial charge on any atom is -0.464 e. The molecule has 2 N–H and O–H groups in total. The van der Waals surface area contributed by atoms with Crippen molar-refractivity contribution in [3.05, 3.63) is 68.6 Å². The molecule has 4 aromatic rings. The first-order valence-corrected chi connectivity index (χ1v) is 11.5. The van der Waals surface area contributed by atoms with Gasteiger partial charge in [0.1, 0.15) is 11.1 Å². The molecule has 1 aliphatic rings. The lowest BCUT2D eigenvalue weighted by Gasteiger charge is -2.40. The fourth-order valence-corrected chi connectivity index (χ4v) is 5.30. The number of fused-ring (bicyclic) bond motifs is 1. The molecule has 31 heavy (non-hydrogen) atoms. The van der Waals surface area contributed by atoms with E-state index < -0.39 is 11.5 Å². The molecule has 0 bridgehead atoms. The Labute approximate surface area is 196 Å². The number of amides is 1. The predicted octanol–water partition coefficient (Wildman–Crippen LogP) is 4.34. The lowest BCUT2D eigenvalue weighted by Crippen LogP contribution is -2.52. The molecule has 1 aromatic carbocycles. The topological polar surface area (TPSA) is 97.6 Å². The zero-order chi connectivity index (χ0) is 21.8. The minimum absolute atomic E-state index is 0.0922. The second kappa shape index (κ2) is 7.41. The van der Waals surface area contributed by atoms with Crippen molar-refractivity contribution in [2.45, 2.75) is 18.4 Å². The normalized spacial score (nSPS) is 21.5. The second-order valence-electron chi connectivity index (χ2n) is 7.61. The highest BCUT2D eigenvalue weighted by atomic mass is 127. The van der Waals surface area contributed by atoms with Crippen molar-refractivity contribution in [2.24, 2.45) is 10.7 Å². The molecule has 7 nitrogen and oxygen atoms in total. The average Bonchev–Trinajstić information content (AvgIpc) is 3.42. The van der Waals surface area contributed by atoms with Gasteiger partial charge in [0.15, 0.2) is 9.79 Å². The number of hydrogen-bond acceptors (Lipinski definition) is 7. The summed E-state index contributed by atoms with van der Waals surface area (Å²) in [5.41, 5.74) is 8.86. The van der Waals surface area contributed by atoms with Gasteiger partial charge in [0.25, 0.3) is 0 Å². The first-order chi connectivity index (χ1) is 14.9. The summed E-state index contributed by atoms with van der Waals surface area (Å²) >= 11 is 3.63. The van der Waals surface area contributed by atoms with Gasteiger partial charge in [-0.25, -0.2) is 15.0 Å². The van der Waals surface area contributed by atoms with E-state index in [1.54, 1.807) is 37.0 Å². The molecule has 4 heterocycles. The van der Waals surface area contributed by atoms with Crippen LogP contribution in [0.1, 0.15) is 23.3 Å². The summed E-state index contributed by atoms with van der Waals surface area (Å²) in [5, 5.41) is 2.98. The van der Waals surface area contributed by atoms with E-state index in [4.69, 9.17) is 15.1 Å². The molecule has 9 heteroatoms. The maximum Gasteiger partial charge on any atom is 0.239 e. The summed E-state index contributed by atoms with van der Waals surface area (Å²) in [5.74, 6) is -0.408. The molecule has 3 aromatic heterocycles. The molecule has 0 fully saturated rings. The Morgan fingerprint density at radius 3 is 2.74 bits per heavy atom. The van der Waals surface area contributed by atoms with Crippen molar-refractivity contribution >= 4 is 56.8 Å². The van der Waals surface area contributed by atoms with Gasteiger partial charge in [-0.2, -0.15) is 0 Å². The van der Waals surface area contributed by atoms with Gasteiger partial charge >= 0.3 is 0 Å². The number of benzene rings is 1. The number of furan rings is 1. The summed E-state index contributed by atoms with van der Waals surface area (Å²) in [4.78, 5) is 29.2. The van der Waals surface area contributed by atoms with Crippen LogP contribution in [-0.2, 0) is 10.3 Å². The first kappa shape index (κ1) is 20.1. The molecule has 0 aliphatic carbocycles. The van der Waals surface area contributed by atoms with Gasteiger partial charge in [-0.05, 0) is 47.7 Å². The number of aromatic nitrogens is 2. The van der Waals surface area contributed by atoms with Crippen LogP contribution < -0.4 is 5.73 Å². The molecule has 0 saturated carbocycles. The minimum atomic E-state index is -0.849. The summed E-state index contributed by atoms with van der Waals surface area (Å²) in [6.45, 7) is 1.97. The van der Waals surface area contributed by atoms with E-state index >= 15 is 0 Å². The lowest BCUT2D eigenvalue weighted by molar-refractivity contribution is -0.130. The molecule has 1 unspecified atom stereocenters. The second-order valence-corrected chi connectivity index (χ2v) is 9.48. The number of aliphatic imine (C=N–C) groups is 1.